The van der Waals surface area contributed by atoms with Crippen LogP contribution in [0.15, 0.2) is 70.2 Å². The first-order chi connectivity index (χ1) is 17.1. The molecule has 9 heteroatoms. The first-order valence-electron chi connectivity index (χ1n) is 11.2. The summed E-state index contributed by atoms with van der Waals surface area (Å²) in [6.45, 7) is 5.94. The summed E-state index contributed by atoms with van der Waals surface area (Å²) in [4.78, 5) is 25.3. The van der Waals surface area contributed by atoms with E-state index in [1.165, 1.54) is 6.21 Å². The first-order valence-corrected chi connectivity index (χ1v) is 12.8. The van der Waals surface area contributed by atoms with Crippen molar-refractivity contribution in [3.05, 3.63) is 97.4 Å². The van der Waals surface area contributed by atoms with Gasteiger partial charge in [-0.2, -0.15) is 5.10 Å². The zero-order valence-electron chi connectivity index (χ0n) is 20.0. The Kier molecular flexibility index (Phi) is 9.93. The van der Waals surface area contributed by atoms with Crippen LogP contribution in [0.5, 0.6) is 5.75 Å². The fraction of sp³-hybridized carbons (Fsp3) is 0.222. The van der Waals surface area contributed by atoms with E-state index in [4.69, 9.17) is 27.9 Å². The highest BCUT2D eigenvalue weighted by molar-refractivity contribution is 9.10. The molecule has 36 heavy (non-hydrogen) atoms. The number of hydrazone groups is 1. The molecule has 0 bridgehead atoms. The van der Waals surface area contributed by atoms with Crippen LogP contribution in [0.25, 0.3) is 0 Å². The first kappa shape index (κ1) is 27.7. The third kappa shape index (κ3) is 7.82. The van der Waals surface area contributed by atoms with Crippen molar-refractivity contribution in [2.24, 2.45) is 11.0 Å². The molecular weight excluding hydrogens is 565 g/mol. The zero-order valence-corrected chi connectivity index (χ0v) is 23.1. The molecule has 2 N–H and O–H groups in total. The van der Waals surface area contributed by atoms with Crippen LogP contribution >= 0.6 is 39.1 Å². The summed E-state index contributed by atoms with van der Waals surface area (Å²) in [5.41, 5.74) is 5.61. The van der Waals surface area contributed by atoms with E-state index in [0.29, 0.717) is 25.8 Å². The monoisotopic (exact) mass is 589 g/mol. The minimum atomic E-state index is -0.738. The second kappa shape index (κ2) is 12.9. The highest BCUT2D eigenvalue weighted by Gasteiger charge is 2.24. The second-order valence-corrected chi connectivity index (χ2v) is 10.2. The summed E-state index contributed by atoms with van der Waals surface area (Å²) < 4.78 is 6.57. The van der Waals surface area contributed by atoms with Crippen molar-refractivity contribution in [3.63, 3.8) is 0 Å². The molecular formula is C27H26BrCl2N3O3. The molecule has 3 aromatic rings. The summed E-state index contributed by atoms with van der Waals surface area (Å²) in [6, 6.07) is 17.1. The van der Waals surface area contributed by atoms with Crippen molar-refractivity contribution in [1.82, 2.24) is 10.7 Å². The topological polar surface area (TPSA) is 79.8 Å². The highest BCUT2D eigenvalue weighted by Crippen LogP contribution is 2.28. The van der Waals surface area contributed by atoms with E-state index in [1.54, 1.807) is 36.4 Å². The Bertz CT molecular complexity index is 1260. The van der Waals surface area contributed by atoms with E-state index >= 15 is 0 Å². The number of aryl methyl sites for hydroxylation is 1. The third-order valence-electron chi connectivity index (χ3n) is 5.29. The van der Waals surface area contributed by atoms with Gasteiger partial charge in [0.2, 0.25) is 0 Å². The van der Waals surface area contributed by atoms with Crippen molar-refractivity contribution in [3.8, 4) is 5.75 Å². The molecule has 0 radical (unpaired) electrons. The lowest BCUT2D eigenvalue weighted by Crippen LogP contribution is -2.48. The van der Waals surface area contributed by atoms with E-state index in [0.717, 1.165) is 16.7 Å². The second-order valence-electron chi connectivity index (χ2n) is 8.51. The summed E-state index contributed by atoms with van der Waals surface area (Å²) in [5.74, 6) is -0.219. The quantitative estimate of drug-likeness (QED) is 0.219. The van der Waals surface area contributed by atoms with Gasteiger partial charge in [-0.1, -0.05) is 60.8 Å². The predicted octanol–water partition coefficient (Wildman–Crippen LogP) is 6.55. The minimum absolute atomic E-state index is 0.130. The Morgan fingerprint density at radius 3 is 2.42 bits per heavy atom. The van der Waals surface area contributed by atoms with E-state index in [-0.39, 0.29) is 18.4 Å². The molecule has 1 unspecified atom stereocenters. The van der Waals surface area contributed by atoms with Crippen LogP contribution in [0, 0.1) is 12.8 Å². The minimum Gasteiger partial charge on any atom is -0.488 e. The van der Waals surface area contributed by atoms with Gasteiger partial charge in [0.25, 0.3) is 11.8 Å². The molecule has 188 valence electrons. The van der Waals surface area contributed by atoms with Crippen LogP contribution in [-0.2, 0) is 11.4 Å². The van der Waals surface area contributed by atoms with Gasteiger partial charge in [0.05, 0.1) is 10.7 Å². The normalized spacial score (nSPS) is 12.0. The maximum Gasteiger partial charge on any atom is 0.262 e. The van der Waals surface area contributed by atoms with Gasteiger partial charge in [-0.3, -0.25) is 9.59 Å². The molecule has 0 saturated carbocycles. The number of ether oxygens (including phenoxy) is 1. The largest absolute Gasteiger partial charge is 0.488 e. The fourth-order valence-corrected chi connectivity index (χ4v) is 4.19. The smallest absolute Gasteiger partial charge is 0.262 e. The molecule has 0 saturated heterocycles. The Hall–Kier alpha value is -2.87. The van der Waals surface area contributed by atoms with Crippen molar-refractivity contribution < 1.29 is 14.3 Å². The van der Waals surface area contributed by atoms with Crippen LogP contribution in [0.2, 0.25) is 10.0 Å². The highest BCUT2D eigenvalue weighted by atomic mass is 79.9. The van der Waals surface area contributed by atoms with Gasteiger partial charge < -0.3 is 10.1 Å². The zero-order chi connectivity index (χ0) is 26.2. The maximum atomic E-state index is 12.7. The van der Waals surface area contributed by atoms with Gasteiger partial charge >= 0.3 is 0 Å². The molecule has 0 aromatic heterocycles. The lowest BCUT2D eigenvalue weighted by atomic mass is 10.0. The Morgan fingerprint density at radius 2 is 1.78 bits per heavy atom. The van der Waals surface area contributed by atoms with Gasteiger partial charge in [0, 0.05) is 21.2 Å². The number of carbonyl (C=O) groups excluding carboxylic acids is 2. The van der Waals surface area contributed by atoms with Gasteiger partial charge in [0.15, 0.2) is 0 Å². The number of rotatable bonds is 9. The Balaban J connectivity index is 1.58. The number of nitrogens with zero attached hydrogens (tertiary/aromatic N) is 1. The van der Waals surface area contributed by atoms with Crippen molar-refractivity contribution in [2.45, 2.75) is 33.4 Å². The molecule has 0 aliphatic carbocycles. The van der Waals surface area contributed by atoms with Crippen molar-refractivity contribution in [1.29, 1.82) is 0 Å². The number of nitrogens with one attached hydrogen (secondary N) is 2. The summed E-state index contributed by atoms with van der Waals surface area (Å²) in [6.07, 6.45) is 1.52. The standard InChI is InChI=1S/C27H26BrCl2N3O3/c1-16(2)25(32-26(34)19-7-4-17(3)5-8-19)27(35)33-31-14-18-6-11-24(22(28)12-18)36-15-20-9-10-21(29)13-23(20)30/h4-14,16,25H,15H2,1-3H3,(H,32,34)(H,33,35). The molecule has 6 nitrogen and oxygen atoms in total. The van der Waals surface area contributed by atoms with Gasteiger partial charge in [-0.25, -0.2) is 5.43 Å². The van der Waals surface area contributed by atoms with Crippen LogP contribution < -0.4 is 15.5 Å². The molecule has 0 fully saturated rings. The number of halogens is 3. The van der Waals surface area contributed by atoms with Crippen LogP contribution in [0.1, 0.15) is 40.9 Å². The average Bonchev–Trinajstić information content (AvgIpc) is 2.83. The molecule has 3 aromatic carbocycles. The Morgan fingerprint density at radius 1 is 1.06 bits per heavy atom. The van der Waals surface area contributed by atoms with Crippen LogP contribution in [0.3, 0.4) is 0 Å². The third-order valence-corrected chi connectivity index (χ3v) is 6.50. The number of benzene rings is 3. The van der Waals surface area contributed by atoms with E-state index in [2.05, 4.69) is 31.8 Å². The van der Waals surface area contributed by atoms with Crippen molar-refractivity contribution >= 4 is 57.2 Å². The lowest BCUT2D eigenvalue weighted by Gasteiger charge is -2.20. The van der Waals surface area contributed by atoms with Gasteiger partial charge in [0.1, 0.15) is 18.4 Å². The SMILES string of the molecule is Cc1ccc(C(=O)NC(C(=O)NN=Cc2ccc(OCc3ccc(Cl)cc3Cl)c(Br)c2)C(C)C)cc1. The number of carbonyl (C=O) groups is 2. The number of hydrogen-bond donors (Lipinski definition) is 2. The molecule has 0 heterocycles. The molecule has 1 atom stereocenters. The number of amides is 2. The summed E-state index contributed by atoms with van der Waals surface area (Å²) in [5, 5.41) is 7.94. The molecule has 0 aliphatic heterocycles. The van der Waals surface area contributed by atoms with E-state index in [9.17, 15) is 9.59 Å². The summed E-state index contributed by atoms with van der Waals surface area (Å²) in [7, 11) is 0. The molecule has 0 aliphatic rings. The Labute approximate surface area is 229 Å². The molecule has 2 amide bonds. The predicted molar refractivity (Wildman–Crippen MR) is 148 cm³/mol. The number of hydrogen-bond acceptors (Lipinski definition) is 4. The van der Waals surface area contributed by atoms with E-state index < -0.39 is 11.9 Å². The van der Waals surface area contributed by atoms with E-state index in [1.807, 2.05) is 45.0 Å². The molecule has 3 rings (SSSR count). The molecule has 0 spiro atoms. The summed E-state index contributed by atoms with van der Waals surface area (Å²) >= 11 is 15.6. The van der Waals surface area contributed by atoms with Crippen molar-refractivity contribution in [2.75, 3.05) is 0 Å². The van der Waals surface area contributed by atoms with Gasteiger partial charge in [-0.15, -0.1) is 0 Å². The van der Waals surface area contributed by atoms with Crippen LogP contribution in [0.4, 0.5) is 0 Å². The average molecular weight is 591 g/mol. The maximum absolute atomic E-state index is 12.7. The van der Waals surface area contributed by atoms with Crippen LogP contribution in [-0.4, -0.2) is 24.1 Å². The lowest BCUT2D eigenvalue weighted by molar-refractivity contribution is -0.123. The fourth-order valence-electron chi connectivity index (χ4n) is 3.21. The van der Waals surface area contributed by atoms with Gasteiger partial charge in [-0.05, 0) is 76.8 Å².